The predicted octanol–water partition coefficient (Wildman–Crippen LogP) is 6.61. The first-order valence-electron chi connectivity index (χ1n) is 10.2. The highest BCUT2D eigenvalue weighted by Gasteiger charge is 2.33. The van der Waals surface area contributed by atoms with Crippen molar-refractivity contribution >= 4 is 15.0 Å². The van der Waals surface area contributed by atoms with Gasteiger partial charge in [-0.15, -0.1) is 0 Å². The van der Waals surface area contributed by atoms with E-state index in [1.165, 1.54) is 16.7 Å². The van der Waals surface area contributed by atoms with Crippen molar-refractivity contribution in [1.29, 1.82) is 0 Å². The van der Waals surface area contributed by atoms with Gasteiger partial charge < -0.3 is 19.0 Å². The van der Waals surface area contributed by atoms with Gasteiger partial charge in [-0.05, 0) is 66.7 Å². The van der Waals surface area contributed by atoms with Crippen molar-refractivity contribution < 1.29 is 28.2 Å². The van der Waals surface area contributed by atoms with E-state index in [2.05, 4.69) is 39.8 Å². The van der Waals surface area contributed by atoms with Crippen LogP contribution in [0.1, 0.15) is 73.6 Å². The summed E-state index contributed by atoms with van der Waals surface area (Å²) in [5.74, 6) is -0.792. The maximum absolute atomic E-state index is 12.7. The standard InChI is InChI=1S/C21H40O6P2/c1-7-19(5)12-13-20(6)10-9-11-21(8-2)14-15-26-16-28(22,27-18(3)4)17-29(23,24)25/h7,10,14,18H,8-9,11-13,15-17H2,1-6H3,(H2,23,24,25)/b19-7?,20-10+,21-14+. The van der Waals surface area contributed by atoms with Crippen LogP contribution in [0.2, 0.25) is 0 Å². The van der Waals surface area contributed by atoms with Crippen LogP contribution in [0, 0.1) is 0 Å². The second-order valence-corrected chi connectivity index (χ2v) is 12.3. The quantitative estimate of drug-likeness (QED) is 0.166. The molecule has 0 aliphatic rings. The smallest absolute Gasteiger partial charge is 0.335 e. The van der Waals surface area contributed by atoms with E-state index < -0.39 is 27.0 Å². The molecule has 0 spiro atoms. The van der Waals surface area contributed by atoms with Gasteiger partial charge in [0.05, 0.1) is 12.7 Å². The molecule has 8 heteroatoms. The van der Waals surface area contributed by atoms with E-state index in [4.69, 9.17) is 19.0 Å². The maximum atomic E-state index is 12.7. The van der Waals surface area contributed by atoms with Crippen LogP contribution in [-0.2, 0) is 18.4 Å². The molecule has 0 heterocycles. The van der Waals surface area contributed by atoms with Crippen LogP contribution in [0.15, 0.2) is 34.9 Å². The Morgan fingerprint density at radius 3 is 2.17 bits per heavy atom. The Morgan fingerprint density at radius 2 is 1.66 bits per heavy atom. The summed E-state index contributed by atoms with van der Waals surface area (Å²) in [7, 11) is -8.00. The van der Waals surface area contributed by atoms with Crippen LogP contribution in [0.3, 0.4) is 0 Å². The highest BCUT2D eigenvalue weighted by molar-refractivity contribution is 7.73. The van der Waals surface area contributed by atoms with E-state index in [0.29, 0.717) is 0 Å². The monoisotopic (exact) mass is 450 g/mol. The molecule has 170 valence electrons. The molecule has 0 radical (unpaired) electrons. The third-order valence-corrected chi connectivity index (χ3v) is 8.98. The summed E-state index contributed by atoms with van der Waals surface area (Å²) < 4.78 is 34.7. The van der Waals surface area contributed by atoms with Gasteiger partial charge in [-0.3, -0.25) is 9.13 Å². The number of hydrogen-bond donors (Lipinski definition) is 2. The highest BCUT2D eigenvalue weighted by atomic mass is 31.2. The van der Waals surface area contributed by atoms with Gasteiger partial charge in [0.2, 0.25) is 7.37 Å². The van der Waals surface area contributed by atoms with Crippen molar-refractivity contribution in [2.45, 2.75) is 79.8 Å². The average molecular weight is 450 g/mol. The maximum Gasteiger partial charge on any atom is 0.335 e. The first-order valence-corrected chi connectivity index (χ1v) is 14.0. The molecule has 0 amide bonds. The topological polar surface area (TPSA) is 93.1 Å². The minimum absolute atomic E-state index is 0.249. The van der Waals surface area contributed by atoms with Crippen molar-refractivity contribution in [1.82, 2.24) is 0 Å². The number of hydrogen-bond acceptors (Lipinski definition) is 4. The Hall–Kier alpha value is -0.480. The molecule has 0 saturated carbocycles. The normalized spacial score (nSPS) is 16.4. The predicted molar refractivity (Wildman–Crippen MR) is 122 cm³/mol. The van der Waals surface area contributed by atoms with Crippen molar-refractivity contribution in [3.05, 3.63) is 34.9 Å². The van der Waals surface area contributed by atoms with Gasteiger partial charge in [-0.2, -0.15) is 0 Å². The molecule has 0 fully saturated rings. The number of ether oxygens (including phenoxy) is 1. The zero-order valence-corrected chi connectivity index (χ0v) is 20.7. The van der Waals surface area contributed by atoms with Crippen molar-refractivity contribution in [3.8, 4) is 0 Å². The molecule has 0 aromatic carbocycles. The zero-order chi connectivity index (χ0) is 22.5. The average Bonchev–Trinajstić information content (AvgIpc) is 2.59. The molecular formula is C21H40O6P2. The third-order valence-electron chi connectivity index (χ3n) is 4.40. The minimum atomic E-state index is -4.45. The van der Waals surface area contributed by atoms with Gasteiger partial charge in [0.1, 0.15) is 12.3 Å². The van der Waals surface area contributed by atoms with E-state index in [1.807, 2.05) is 6.08 Å². The molecule has 6 nitrogen and oxygen atoms in total. The fourth-order valence-electron chi connectivity index (χ4n) is 2.71. The summed E-state index contributed by atoms with van der Waals surface area (Å²) in [6.07, 6.45) is 10.7. The first-order chi connectivity index (χ1) is 13.4. The first kappa shape index (κ1) is 28.5. The van der Waals surface area contributed by atoms with Gasteiger partial charge in [-0.25, -0.2) is 0 Å². The van der Waals surface area contributed by atoms with Gasteiger partial charge in [-0.1, -0.05) is 41.9 Å². The molecule has 1 atom stereocenters. The van der Waals surface area contributed by atoms with Crippen LogP contribution < -0.4 is 0 Å². The Morgan fingerprint density at radius 1 is 1.03 bits per heavy atom. The largest absolute Gasteiger partial charge is 0.367 e. The fraction of sp³-hybridized carbons (Fsp3) is 0.714. The molecule has 0 aliphatic heterocycles. The van der Waals surface area contributed by atoms with Crippen LogP contribution in [0.25, 0.3) is 0 Å². The third kappa shape index (κ3) is 16.0. The Labute approximate surface area is 177 Å². The minimum Gasteiger partial charge on any atom is -0.367 e. The van der Waals surface area contributed by atoms with Crippen molar-refractivity contribution in [2.24, 2.45) is 0 Å². The summed E-state index contributed by atoms with van der Waals surface area (Å²) in [6.45, 7) is 12.1. The van der Waals surface area contributed by atoms with E-state index in [9.17, 15) is 9.13 Å². The van der Waals surface area contributed by atoms with Gasteiger partial charge in [0.15, 0.2) is 0 Å². The lowest BCUT2D eigenvalue weighted by Gasteiger charge is -2.21. The van der Waals surface area contributed by atoms with Gasteiger partial charge >= 0.3 is 7.60 Å². The molecule has 1 unspecified atom stereocenters. The summed E-state index contributed by atoms with van der Waals surface area (Å²) in [5.41, 5.74) is 4.04. The van der Waals surface area contributed by atoms with E-state index in [0.717, 1.165) is 32.1 Å². The Kier molecular flexibility index (Phi) is 14.3. The molecule has 0 saturated heterocycles. The van der Waals surface area contributed by atoms with E-state index in [-0.39, 0.29) is 13.0 Å². The molecule has 29 heavy (non-hydrogen) atoms. The summed E-state index contributed by atoms with van der Waals surface area (Å²) in [4.78, 5) is 18.3. The van der Waals surface area contributed by atoms with Gasteiger partial charge in [0, 0.05) is 0 Å². The number of rotatable bonds is 15. The Balaban J connectivity index is 4.58. The Bertz CT molecular complexity index is 658. The van der Waals surface area contributed by atoms with Crippen LogP contribution in [0.5, 0.6) is 0 Å². The van der Waals surface area contributed by atoms with Crippen molar-refractivity contribution in [3.63, 3.8) is 0 Å². The summed E-state index contributed by atoms with van der Waals surface area (Å²) >= 11 is 0. The lowest BCUT2D eigenvalue weighted by Crippen LogP contribution is -2.09. The molecule has 0 aromatic rings. The summed E-state index contributed by atoms with van der Waals surface area (Å²) in [5, 5.41) is 0. The highest BCUT2D eigenvalue weighted by Crippen LogP contribution is 2.58. The lowest BCUT2D eigenvalue weighted by molar-refractivity contribution is 0.174. The van der Waals surface area contributed by atoms with E-state index in [1.54, 1.807) is 13.8 Å². The van der Waals surface area contributed by atoms with Crippen LogP contribution in [0.4, 0.5) is 0 Å². The molecule has 0 aliphatic carbocycles. The van der Waals surface area contributed by atoms with Gasteiger partial charge in [0.25, 0.3) is 0 Å². The van der Waals surface area contributed by atoms with E-state index >= 15 is 0 Å². The van der Waals surface area contributed by atoms with Crippen LogP contribution in [-0.4, -0.2) is 34.7 Å². The number of allylic oxidation sites excluding steroid dienone is 5. The summed E-state index contributed by atoms with van der Waals surface area (Å²) in [6, 6.07) is 0. The molecule has 0 rings (SSSR count). The van der Waals surface area contributed by atoms with Crippen molar-refractivity contribution in [2.75, 3.05) is 18.9 Å². The molecule has 0 aromatic heterocycles. The second-order valence-electron chi connectivity index (χ2n) is 7.71. The lowest BCUT2D eigenvalue weighted by atomic mass is 10.0. The second kappa shape index (κ2) is 14.5. The molecule has 2 N–H and O–H groups in total. The molecular weight excluding hydrogens is 410 g/mol. The molecule has 0 bridgehead atoms. The fourth-order valence-corrected chi connectivity index (χ4v) is 6.76. The van der Waals surface area contributed by atoms with Crippen LogP contribution >= 0.6 is 15.0 Å². The zero-order valence-electron chi connectivity index (χ0n) is 18.9. The SMILES string of the molecule is CC=C(C)CC/C(C)=C/CC/C(=C/COCP(=O)(CP(=O)(O)O)OC(C)C)CC.